The van der Waals surface area contributed by atoms with Crippen LogP contribution in [0.1, 0.15) is 31.9 Å². The standard InChI is InChI=1S/C17H20N2/c1-13-7-5-6-8-16(13)19-18-15-11-9-14(10-12-15)17(2,3)4/h5-12H,1-4H3. The summed E-state index contributed by atoms with van der Waals surface area (Å²) < 4.78 is 0. The SMILES string of the molecule is Cc1ccccc1N=Nc1ccc(C(C)(C)C)cc1. The molecule has 98 valence electrons. The number of aryl methyl sites for hydroxylation is 1. The maximum atomic E-state index is 4.29. The second-order valence-electron chi connectivity index (χ2n) is 5.78. The van der Waals surface area contributed by atoms with Gasteiger partial charge in [-0.3, -0.25) is 0 Å². The first-order chi connectivity index (χ1) is 8.97. The van der Waals surface area contributed by atoms with Crippen molar-refractivity contribution >= 4 is 11.4 Å². The summed E-state index contributed by atoms with van der Waals surface area (Å²) in [4.78, 5) is 0. The summed E-state index contributed by atoms with van der Waals surface area (Å²) in [5.41, 5.74) is 4.42. The Labute approximate surface area is 115 Å². The van der Waals surface area contributed by atoms with Crippen LogP contribution < -0.4 is 0 Å². The minimum Gasteiger partial charge on any atom is -0.151 e. The van der Waals surface area contributed by atoms with Crippen LogP contribution in [-0.2, 0) is 5.41 Å². The highest BCUT2D eigenvalue weighted by Crippen LogP contribution is 2.26. The molecule has 0 aromatic heterocycles. The van der Waals surface area contributed by atoms with E-state index in [0.717, 1.165) is 16.9 Å². The number of hydrogen-bond donors (Lipinski definition) is 0. The molecule has 0 aliphatic rings. The molecule has 0 saturated carbocycles. The lowest BCUT2D eigenvalue weighted by Crippen LogP contribution is -2.10. The predicted octanol–water partition coefficient (Wildman–Crippen LogP) is 5.71. The van der Waals surface area contributed by atoms with E-state index in [-0.39, 0.29) is 5.41 Å². The van der Waals surface area contributed by atoms with Gasteiger partial charge in [-0.1, -0.05) is 51.1 Å². The third-order valence-corrected chi connectivity index (χ3v) is 3.12. The van der Waals surface area contributed by atoms with Gasteiger partial charge in [-0.15, -0.1) is 0 Å². The van der Waals surface area contributed by atoms with Crippen LogP contribution in [0.15, 0.2) is 58.8 Å². The molecule has 19 heavy (non-hydrogen) atoms. The third-order valence-electron chi connectivity index (χ3n) is 3.12. The molecule has 0 saturated heterocycles. The molecule has 0 radical (unpaired) electrons. The average Bonchev–Trinajstić information content (AvgIpc) is 2.37. The molecule has 0 heterocycles. The van der Waals surface area contributed by atoms with Crippen LogP contribution in [0.5, 0.6) is 0 Å². The summed E-state index contributed by atoms with van der Waals surface area (Å²) in [6, 6.07) is 16.3. The van der Waals surface area contributed by atoms with Gasteiger partial charge in [0.1, 0.15) is 0 Å². The lowest BCUT2D eigenvalue weighted by atomic mass is 9.87. The minimum absolute atomic E-state index is 0.172. The van der Waals surface area contributed by atoms with Gasteiger partial charge in [-0.2, -0.15) is 10.2 Å². The van der Waals surface area contributed by atoms with Crippen LogP contribution in [0, 0.1) is 6.92 Å². The molecule has 0 aliphatic heterocycles. The fraction of sp³-hybridized carbons (Fsp3) is 0.294. The van der Waals surface area contributed by atoms with Gasteiger partial charge in [-0.05, 0) is 41.7 Å². The van der Waals surface area contributed by atoms with Crippen molar-refractivity contribution in [1.82, 2.24) is 0 Å². The number of rotatable bonds is 2. The number of azo groups is 1. The average molecular weight is 252 g/mol. The van der Waals surface area contributed by atoms with E-state index >= 15 is 0 Å². The fourth-order valence-electron chi connectivity index (χ4n) is 1.82. The van der Waals surface area contributed by atoms with Crippen molar-refractivity contribution in [2.24, 2.45) is 10.2 Å². The molecular formula is C17H20N2. The number of nitrogens with zero attached hydrogens (tertiary/aromatic N) is 2. The van der Waals surface area contributed by atoms with Gasteiger partial charge >= 0.3 is 0 Å². The third kappa shape index (κ3) is 3.50. The van der Waals surface area contributed by atoms with E-state index in [1.165, 1.54) is 5.56 Å². The Bertz CT molecular complexity index is 575. The van der Waals surface area contributed by atoms with Gasteiger partial charge in [0.2, 0.25) is 0 Å². The van der Waals surface area contributed by atoms with Crippen molar-refractivity contribution in [3.05, 3.63) is 59.7 Å². The van der Waals surface area contributed by atoms with Crippen LogP contribution in [0.2, 0.25) is 0 Å². The Morgan fingerprint density at radius 2 is 1.42 bits per heavy atom. The second kappa shape index (κ2) is 5.35. The molecule has 2 nitrogen and oxygen atoms in total. The molecule has 0 N–H and O–H groups in total. The number of benzene rings is 2. The van der Waals surface area contributed by atoms with Gasteiger partial charge in [0.05, 0.1) is 11.4 Å². The van der Waals surface area contributed by atoms with Crippen molar-refractivity contribution in [2.45, 2.75) is 33.1 Å². The van der Waals surface area contributed by atoms with Crippen LogP contribution >= 0.6 is 0 Å². The highest BCUT2D eigenvalue weighted by molar-refractivity contribution is 5.46. The zero-order chi connectivity index (χ0) is 13.9. The van der Waals surface area contributed by atoms with Crippen LogP contribution in [0.25, 0.3) is 0 Å². The predicted molar refractivity (Wildman–Crippen MR) is 80.5 cm³/mol. The second-order valence-corrected chi connectivity index (χ2v) is 5.78. The topological polar surface area (TPSA) is 24.7 Å². The normalized spacial score (nSPS) is 12.0. The van der Waals surface area contributed by atoms with Crippen LogP contribution in [0.4, 0.5) is 11.4 Å². The van der Waals surface area contributed by atoms with E-state index in [9.17, 15) is 0 Å². The lowest BCUT2D eigenvalue weighted by Gasteiger charge is -2.18. The van der Waals surface area contributed by atoms with Crippen molar-refractivity contribution in [3.8, 4) is 0 Å². The monoisotopic (exact) mass is 252 g/mol. The largest absolute Gasteiger partial charge is 0.151 e. The summed E-state index contributed by atoms with van der Waals surface area (Å²) in [5.74, 6) is 0. The Morgan fingerprint density at radius 3 is 2.00 bits per heavy atom. The molecule has 0 amide bonds. The van der Waals surface area contributed by atoms with E-state index in [4.69, 9.17) is 0 Å². The molecular weight excluding hydrogens is 232 g/mol. The van der Waals surface area contributed by atoms with Crippen LogP contribution in [-0.4, -0.2) is 0 Å². The Kier molecular flexibility index (Phi) is 3.79. The molecule has 0 aliphatic carbocycles. The van der Waals surface area contributed by atoms with Crippen LogP contribution in [0.3, 0.4) is 0 Å². The highest BCUT2D eigenvalue weighted by Gasteiger charge is 2.12. The molecule has 2 rings (SSSR count). The van der Waals surface area contributed by atoms with Gasteiger partial charge in [0, 0.05) is 0 Å². The molecule has 0 atom stereocenters. The Hall–Kier alpha value is -1.96. The Morgan fingerprint density at radius 1 is 0.789 bits per heavy atom. The van der Waals surface area contributed by atoms with E-state index in [2.05, 4.69) is 43.1 Å². The first-order valence-electron chi connectivity index (χ1n) is 6.55. The summed E-state index contributed by atoms with van der Waals surface area (Å²) in [5, 5.41) is 8.58. The molecule has 0 unspecified atom stereocenters. The maximum absolute atomic E-state index is 4.29. The maximum Gasteiger partial charge on any atom is 0.0886 e. The summed E-state index contributed by atoms with van der Waals surface area (Å²) in [6.45, 7) is 8.65. The summed E-state index contributed by atoms with van der Waals surface area (Å²) >= 11 is 0. The van der Waals surface area contributed by atoms with Gasteiger partial charge < -0.3 is 0 Å². The molecule has 0 bridgehead atoms. The molecule has 2 aromatic carbocycles. The smallest absolute Gasteiger partial charge is 0.0886 e. The molecule has 0 fully saturated rings. The van der Waals surface area contributed by atoms with Gasteiger partial charge in [0.25, 0.3) is 0 Å². The summed E-state index contributed by atoms with van der Waals surface area (Å²) in [6.07, 6.45) is 0. The van der Waals surface area contributed by atoms with Crippen molar-refractivity contribution in [1.29, 1.82) is 0 Å². The van der Waals surface area contributed by atoms with E-state index in [1.807, 2.05) is 43.3 Å². The van der Waals surface area contributed by atoms with Gasteiger partial charge in [0.15, 0.2) is 0 Å². The zero-order valence-corrected chi connectivity index (χ0v) is 12.0. The van der Waals surface area contributed by atoms with E-state index < -0.39 is 0 Å². The quantitative estimate of drug-likeness (QED) is 0.612. The molecule has 2 heteroatoms. The zero-order valence-electron chi connectivity index (χ0n) is 12.0. The fourth-order valence-corrected chi connectivity index (χ4v) is 1.82. The molecule has 2 aromatic rings. The van der Waals surface area contributed by atoms with Crippen molar-refractivity contribution in [3.63, 3.8) is 0 Å². The Balaban J connectivity index is 2.19. The lowest BCUT2D eigenvalue weighted by molar-refractivity contribution is 0.590. The summed E-state index contributed by atoms with van der Waals surface area (Å²) in [7, 11) is 0. The highest BCUT2D eigenvalue weighted by atomic mass is 15.1. The minimum atomic E-state index is 0.172. The number of hydrogen-bond acceptors (Lipinski definition) is 2. The van der Waals surface area contributed by atoms with E-state index in [0.29, 0.717) is 0 Å². The van der Waals surface area contributed by atoms with E-state index in [1.54, 1.807) is 0 Å². The van der Waals surface area contributed by atoms with Gasteiger partial charge in [-0.25, -0.2) is 0 Å². The molecule has 0 spiro atoms. The first kappa shape index (κ1) is 13.5. The van der Waals surface area contributed by atoms with Crippen molar-refractivity contribution in [2.75, 3.05) is 0 Å². The van der Waals surface area contributed by atoms with Crippen molar-refractivity contribution < 1.29 is 0 Å². The first-order valence-corrected chi connectivity index (χ1v) is 6.55.